The van der Waals surface area contributed by atoms with Gasteiger partial charge in [-0.2, -0.15) is 0 Å². The van der Waals surface area contributed by atoms with E-state index in [1.54, 1.807) is 0 Å². The summed E-state index contributed by atoms with van der Waals surface area (Å²) < 4.78 is 0. The minimum atomic E-state index is 0.655. The van der Waals surface area contributed by atoms with Crippen molar-refractivity contribution in [2.75, 3.05) is 20.1 Å². The van der Waals surface area contributed by atoms with Gasteiger partial charge in [0.2, 0.25) is 0 Å². The van der Waals surface area contributed by atoms with Gasteiger partial charge in [-0.15, -0.1) is 0 Å². The van der Waals surface area contributed by atoms with Crippen LogP contribution in [-0.2, 0) is 6.54 Å². The van der Waals surface area contributed by atoms with Gasteiger partial charge in [0.25, 0.3) is 0 Å². The molecule has 0 saturated carbocycles. The fourth-order valence-electron chi connectivity index (χ4n) is 2.16. The number of likely N-dealkylation sites (tertiary alicyclic amines) is 1. The first kappa shape index (κ1) is 10.6. The van der Waals surface area contributed by atoms with Gasteiger partial charge in [0, 0.05) is 25.3 Å². The molecule has 3 nitrogen and oxygen atoms in total. The van der Waals surface area contributed by atoms with Gasteiger partial charge in [0.15, 0.2) is 0 Å². The summed E-state index contributed by atoms with van der Waals surface area (Å²) in [6, 6.07) is 6.78. The Morgan fingerprint density at radius 3 is 3.20 bits per heavy atom. The van der Waals surface area contributed by atoms with E-state index in [1.807, 2.05) is 12.3 Å². The summed E-state index contributed by atoms with van der Waals surface area (Å²) >= 11 is 0. The van der Waals surface area contributed by atoms with Crippen LogP contribution in [0.2, 0.25) is 0 Å². The van der Waals surface area contributed by atoms with Crippen LogP contribution in [0.3, 0.4) is 0 Å². The van der Waals surface area contributed by atoms with E-state index in [9.17, 15) is 0 Å². The molecule has 1 N–H and O–H groups in total. The lowest BCUT2D eigenvalue weighted by atomic mass is 10.1. The number of hydrogen-bond donors (Lipinski definition) is 1. The summed E-state index contributed by atoms with van der Waals surface area (Å²) in [4.78, 5) is 6.84. The maximum Gasteiger partial charge on any atom is 0.0543 e. The fourth-order valence-corrected chi connectivity index (χ4v) is 2.16. The Bertz CT molecular complexity index is 286. The highest BCUT2D eigenvalue weighted by Gasteiger charge is 2.18. The van der Waals surface area contributed by atoms with Gasteiger partial charge in [-0.05, 0) is 38.6 Å². The van der Waals surface area contributed by atoms with E-state index in [4.69, 9.17) is 0 Å². The third-order valence-electron chi connectivity index (χ3n) is 3.03. The number of hydrogen-bond acceptors (Lipinski definition) is 3. The number of pyridine rings is 1. The van der Waals surface area contributed by atoms with Crippen molar-refractivity contribution in [2.45, 2.75) is 25.4 Å². The van der Waals surface area contributed by atoms with Crippen molar-refractivity contribution >= 4 is 0 Å². The van der Waals surface area contributed by atoms with Crippen molar-refractivity contribution in [2.24, 2.45) is 0 Å². The lowest BCUT2D eigenvalue weighted by molar-refractivity contribution is 0.186. The molecule has 1 unspecified atom stereocenters. The second-order valence-electron chi connectivity index (χ2n) is 4.18. The molecule has 0 aliphatic carbocycles. The quantitative estimate of drug-likeness (QED) is 0.805. The highest BCUT2D eigenvalue weighted by Crippen LogP contribution is 2.12. The van der Waals surface area contributed by atoms with Crippen molar-refractivity contribution in [3.8, 4) is 0 Å². The molecule has 82 valence electrons. The Hall–Kier alpha value is -0.930. The lowest BCUT2D eigenvalue weighted by Crippen LogP contribution is -2.43. The smallest absolute Gasteiger partial charge is 0.0543 e. The number of nitrogens with one attached hydrogen (secondary N) is 1. The minimum Gasteiger partial charge on any atom is -0.316 e. The molecule has 1 aromatic heterocycles. The van der Waals surface area contributed by atoms with Crippen LogP contribution < -0.4 is 5.32 Å². The second-order valence-corrected chi connectivity index (χ2v) is 4.18. The zero-order valence-electron chi connectivity index (χ0n) is 9.32. The van der Waals surface area contributed by atoms with Crippen molar-refractivity contribution in [1.29, 1.82) is 0 Å². The number of rotatable bonds is 3. The Morgan fingerprint density at radius 1 is 1.53 bits per heavy atom. The number of nitrogens with zero attached hydrogens (tertiary/aromatic N) is 2. The van der Waals surface area contributed by atoms with Crippen LogP contribution >= 0.6 is 0 Å². The molecule has 0 bridgehead atoms. The van der Waals surface area contributed by atoms with E-state index >= 15 is 0 Å². The standard InChI is InChI=1S/C12H19N3/c1-13-11-6-4-8-15(9-11)10-12-5-2-3-7-14-12/h2-3,5,7,11,13H,4,6,8-10H2,1H3. The molecule has 1 aliphatic heterocycles. The summed E-state index contributed by atoms with van der Waals surface area (Å²) in [6.07, 6.45) is 4.46. The monoisotopic (exact) mass is 205 g/mol. The van der Waals surface area contributed by atoms with Gasteiger partial charge in [-0.25, -0.2) is 0 Å². The van der Waals surface area contributed by atoms with Crippen molar-refractivity contribution < 1.29 is 0 Å². The first-order chi connectivity index (χ1) is 7.38. The van der Waals surface area contributed by atoms with Gasteiger partial charge in [-0.3, -0.25) is 9.88 Å². The summed E-state index contributed by atoms with van der Waals surface area (Å²) in [6.45, 7) is 3.33. The lowest BCUT2D eigenvalue weighted by Gasteiger charge is -2.32. The highest BCUT2D eigenvalue weighted by atomic mass is 15.2. The molecule has 1 fully saturated rings. The Kier molecular flexibility index (Phi) is 3.69. The Labute approximate surface area is 91.5 Å². The molecule has 15 heavy (non-hydrogen) atoms. The maximum absolute atomic E-state index is 4.36. The third kappa shape index (κ3) is 3.01. The van der Waals surface area contributed by atoms with E-state index in [0.717, 1.165) is 13.1 Å². The number of piperidine rings is 1. The van der Waals surface area contributed by atoms with Crippen LogP contribution in [0.25, 0.3) is 0 Å². The highest BCUT2D eigenvalue weighted by molar-refractivity contribution is 5.03. The summed E-state index contributed by atoms with van der Waals surface area (Å²) in [7, 11) is 2.05. The molecule has 0 amide bonds. The molecule has 2 heterocycles. The number of likely N-dealkylation sites (N-methyl/N-ethyl adjacent to an activating group) is 1. The summed E-state index contributed by atoms with van der Waals surface area (Å²) in [5, 5.41) is 3.36. The van der Waals surface area contributed by atoms with Crippen molar-refractivity contribution in [3.05, 3.63) is 30.1 Å². The van der Waals surface area contributed by atoms with Crippen molar-refractivity contribution in [3.63, 3.8) is 0 Å². The Balaban J connectivity index is 1.89. The largest absolute Gasteiger partial charge is 0.316 e. The number of aromatic nitrogens is 1. The Morgan fingerprint density at radius 2 is 2.47 bits per heavy atom. The molecular formula is C12H19N3. The van der Waals surface area contributed by atoms with Gasteiger partial charge >= 0.3 is 0 Å². The van der Waals surface area contributed by atoms with E-state index in [0.29, 0.717) is 6.04 Å². The van der Waals surface area contributed by atoms with Gasteiger partial charge < -0.3 is 5.32 Å². The van der Waals surface area contributed by atoms with Gasteiger partial charge in [0.05, 0.1) is 5.69 Å². The summed E-state index contributed by atoms with van der Waals surface area (Å²) in [5.74, 6) is 0. The molecule has 1 atom stereocenters. The third-order valence-corrected chi connectivity index (χ3v) is 3.03. The summed E-state index contributed by atoms with van der Waals surface area (Å²) in [5.41, 5.74) is 1.18. The van der Waals surface area contributed by atoms with Gasteiger partial charge in [-0.1, -0.05) is 6.07 Å². The first-order valence-corrected chi connectivity index (χ1v) is 5.68. The molecule has 0 aromatic carbocycles. The topological polar surface area (TPSA) is 28.2 Å². The van der Waals surface area contributed by atoms with Crippen LogP contribution in [-0.4, -0.2) is 36.1 Å². The second kappa shape index (κ2) is 5.24. The molecule has 0 radical (unpaired) electrons. The molecule has 1 aromatic rings. The average Bonchev–Trinajstić information content (AvgIpc) is 2.31. The van der Waals surface area contributed by atoms with E-state index in [2.05, 4.69) is 34.4 Å². The van der Waals surface area contributed by atoms with Crippen molar-refractivity contribution in [1.82, 2.24) is 15.2 Å². The molecule has 3 heteroatoms. The average molecular weight is 205 g/mol. The molecular weight excluding hydrogens is 186 g/mol. The van der Waals surface area contributed by atoms with Crippen LogP contribution in [0.1, 0.15) is 18.5 Å². The van der Waals surface area contributed by atoms with E-state index < -0.39 is 0 Å². The van der Waals surface area contributed by atoms with Gasteiger partial charge in [0.1, 0.15) is 0 Å². The SMILES string of the molecule is CNC1CCCN(Cc2ccccn2)C1. The normalized spacial score (nSPS) is 22.9. The van der Waals surface area contributed by atoms with Crippen LogP contribution in [0.4, 0.5) is 0 Å². The molecule has 0 spiro atoms. The zero-order chi connectivity index (χ0) is 10.5. The maximum atomic E-state index is 4.36. The van der Waals surface area contributed by atoms with Crippen LogP contribution in [0, 0.1) is 0 Å². The van der Waals surface area contributed by atoms with E-state index in [1.165, 1.54) is 25.1 Å². The predicted molar refractivity (Wildman–Crippen MR) is 61.6 cm³/mol. The van der Waals surface area contributed by atoms with Crippen LogP contribution in [0.15, 0.2) is 24.4 Å². The fraction of sp³-hybridized carbons (Fsp3) is 0.583. The first-order valence-electron chi connectivity index (χ1n) is 5.68. The minimum absolute atomic E-state index is 0.655. The molecule has 1 saturated heterocycles. The zero-order valence-corrected chi connectivity index (χ0v) is 9.32. The molecule has 1 aliphatic rings. The predicted octanol–water partition coefficient (Wildman–Crippen LogP) is 1.27. The van der Waals surface area contributed by atoms with Crippen LogP contribution in [0.5, 0.6) is 0 Å². The van der Waals surface area contributed by atoms with E-state index in [-0.39, 0.29) is 0 Å². The molecule has 2 rings (SSSR count).